The minimum absolute atomic E-state index is 0.0262. The summed E-state index contributed by atoms with van der Waals surface area (Å²) in [5.41, 5.74) is 1.61. The molecule has 4 aromatic rings. The molecule has 0 bridgehead atoms. The van der Waals surface area contributed by atoms with Crippen molar-refractivity contribution in [2.24, 2.45) is 7.05 Å². The number of hydrogen-bond acceptors (Lipinski definition) is 9. The van der Waals surface area contributed by atoms with Crippen molar-refractivity contribution in [2.45, 2.75) is 13.5 Å². The lowest BCUT2D eigenvalue weighted by Gasteiger charge is -2.12. The number of nitrogens with one attached hydrogen (secondary N) is 1. The van der Waals surface area contributed by atoms with Gasteiger partial charge in [0.2, 0.25) is 11.7 Å². The van der Waals surface area contributed by atoms with Crippen LogP contribution in [0.2, 0.25) is 0 Å². The first-order valence-electron chi connectivity index (χ1n) is 9.56. The Hall–Kier alpha value is -4.41. The molecule has 0 spiro atoms. The molecule has 0 aliphatic rings. The Balaban J connectivity index is 1.56. The molecule has 1 N–H and O–H groups in total. The molecular weight excluding hydrogens is 414 g/mol. The van der Waals surface area contributed by atoms with Gasteiger partial charge in [0.1, 0.15) is 17.9 Å². The van der Waals surface area contributed by atoms with Gasteiger partial charge in [0.05, 0.1) is 30.6 Å². The predicted molar refractivity (Wildman–Crippen MR) is 113 cm³/mol. The van der Waals surface area contributed by atoms with Gasteiger partial charge in [0.15, 0.2) is 0 Å². The van der Waals surface area contributed by atoms with Gasteiger partial charge >= 0.3 is 0 Å². The Morgan fingerprint density at radius 3 is 2.72 bits per heavy atom. The van der Waals surface area contributed by atoms with E-state index >= 15 is 0 Å². The largest absolute Gasteiger partial charge is 0.496 e. The maximum absolute atomic E-state index is 12.8. The fraction of sp³-hybridized carbons (Fsp3) is 0.190. The molecule has 0 aliphatic heterocycles. The van der Waals surface area contributed by atoms with Gasteiger partial charge in [0.25, 0.3) is 11.5 Å². The number of aromatic nitrogens is 6. The SMILES string of the molecule is COc1cc(-c2noc(C)n2)ccc1C(=O)NCc1nc(-c2ccncn2)cc(=O)n1C. The lowest BCUT2D eigenvalue weighted by Crippen LogP contribution is -2.29. The number of carbonyl (C=O) groups excluding carboxylic acids is 1. The number of hydrogen-bond donors (Lipinski definition) is 1. The van der Waals surface area contributed by atoms with Gasteiger partial charge in [0, 0.05) is 31.8 Å². The van der Waals surface area contributed by atoms with E-state index in [0.717, 1.165) is 0 Å². The highest BCUT2D eigenvalue weighted by Gasteiger charge is 2.16. The maximum atomic E-state index is 12.8. The zero-order valence-corrected chi connectivity index (χ0v) is 17.6. The van der Waals surface area contributed by atoms with Gasteiger partial charge in [-0.1, -0.05) is 5.16 Å². The van der Waals surface area contributed by atoms with E-state index in [4.69, 9.17) is 9.26 Å². The highest BCUT2D eigenvalue weighted by Crippen LogP contribution is 2.25. The van der Waals surface area contributed by atoms with Crippen LogP contribution >= 0.6 is 0 Å². The second-order valence-electron chi connectivity index (χ2n) is 6.78. The van der Waals surface area contributed by atoms with Crippen molar-refractivity contribution in [1.29, 1.82) is 0 Å². The molecule has 0 radical (unpaired) electrons. The smallest absolute Gasteiger partial charge is 0.255 e. The van der Waals surface area contributed by atoms with E-state index in [1.807, 2.05) is 0 Å². The fourth-order valence-electron chi connectivity index (χ4n) is 3.01. The molecular formula is C21H19N7O4. The Labute approximate surface area is 182 Å². The number of methoxy groups -OCH3 is 1. The number of carbonyl (C=O) groups is 1. The van der Waals surface area contributed by atoms with E-state index in [2.05, 4.69) is 30.4 Å². The standard InChI is InChI=1S/C21H19N7O4/c1-12-25-20(27-32-12)13-4-5-14(17(8-13)31-3)21(30)23-10-18-26-16(9-19(29)28(18)2)15-6-7-22-11-24-15/h4-9,11H,10H2,1-3H3,(H,23,30). The molecule has 0 unspecified atom stereocenters. The van der Waals surface area contributed by atoms with Crippen LogP contribution in [0, 0.1) is 6.92 Å². The average molecular weight is 433 g/mol. The van der Waals surface area contributed by atoms with Crippen LogP contribution in [0.1, 0.15) is 22.1 Å². The van der Waals surface area contributed by atoms with Gasteiger partial charge in [-0.2, -0.15) is 4.98 Å². The summed E-state index contributed by atoms with van der Waals surface area (Å²) in [6.45, 7) is 1.72. The topological polar surface area (TPSA) is 138 Å². The van der Waals surface area contributed by atoms with Crippen molar-refractivity contribution in [2.75, 3.05) is 7.11 Å². The summed E-state index contributed by atoms with van der Waals surface area (Å²) in [4.78, 5) is 41.8. The lowest BCUT2D eigenvalue weighted by atomic mass is 10.1. The molecule has 3 heterocycles. The zero-order valence-electron chi connectivity index (χ0n) is 17.6. The highest BCUT2D eigenvalue weighted by molar-refractivity contribution is 5.97. The van der Waals surface area contributed by atoms with Gasteiger partial charge in [-0.25, -0.2) is 15.0 Å². The average Bonchev–Trinajstić information content (AvgIpc) is 3.26. The van der Waals surface area contributed by atoms with Crippen molar-refractivity contribution < 1.29 is 14.1 Å². The Morgan fingerprint density at radius 1 is 1.19 bits per heavy atom. The molecule has 0 atom stereocenters. The molecule has 0 aliphatic carbocycles. The summed E-state index contributed by atoms with van der Waals surface area (Å²) in [5.74, 6) is 1.16. The summed E-state index contributed by atoms with van der Waals surface area (Å²) in [7, 11) is 3.05. The number of ether oxygens (including phenoxy) is 1. The monoisotopic (exact) mass is 433 g/mol. The van der Waals surface area contributed by atoms with Crippen LogP contribution in [0.25, 0.3) is 22.8 Å². The Bertz CT molecular complexity index is 1330. The predicted octanol–water partition coefficient (Wildman–Crippen LogP) is 1.53. The lowest BCUT2D eigenvalue weighted by molar-refractivity contribution is 0.0946. The number of amides is 1. The third-order valence-electron chi connectivity index (χ3n) is 4.71. The number of nitrogens with zero attached hydrogens (tertiary/aromatic N) is 6. The molecule has 3 aromatic heterocycles. The molecule has 1 aromatic carbocycles. The fourth-order valence-corrected chi connectivity index (χ4v) is 3.01. The van der Waals surface area contributed by atoms with Crippen LogP contribution in [0.15, 0.2) is 52.2 Å². The van der Waals surface area contributed by atoms with Gasteiger partial charge < -0.3 is 14.6 Å². The summed E-state index contributed by atoms with van der Waals surface area (Å²) in [6, 6.07) is 8.00. The van der Waals surface area contributed by atoms with Crippen molar-refractivity contribution in [3.63, 3.8) is 0 Å². The molecule has 162 valence electrons. The molecule has 4 rings (SSSR count). The van der Waals surface area contributed by atoms with Crippen LogP contribution < -0.4 is 15.6 Å². The third kappa shape index (κ3) is 4.21. The molecule has 1 amide bonds. The van der Waals surface area contributed by atoms with Crippen LogP contribution in [0.4, 0.5) is 0 Å². The van der Waals surface area contributed by atoms with Crippen molar-refractivity contribution in [1.82, 2.24) is 35.0 Å². The first-order chi connectivity index (χ1) is 15.5. The molecule has 11 heteroatoms. The Morgan fingerprint density at radius 2 is 2.03 bits per heavy atom. The second-order valence-corrected chi connectivity index (χ2v) is 6.78. The van der Waals surface area contributed by atoms with Crippen molar-refractivity contribution in [3.8, 4) is 28.5 Å². The third-order valence-corrected chi connectivity index (χ3v) is 4.71. The number of rotatable bonds is 6. The maximum Gasteiger partial charge on any atom is 0.255 e. The van der Waals surface area contributed by atoms with E-state index < -0.39 is 0 Å². The molecule has 32 heavy (non-hydrogen) atoms. The normalized spacial score (nSPS) is 10.7. The van der Waals surface area contributed by atoms with E-state index in [0.29, 0.717) is 45.8 Å². The van der Waals surface area contributed by atoms with E-state index in [1.165, 1.54) is 24.1 Å². The van der Waals surface area contributed by atoms with Crippen LogP contribution in [-0.2, 0) is 13.6 Å². The molecule has 0 fully saturated rings. The first-order valence-corrected chi connectivity index (χ1v) is 9.56. The minimum atomic E-state index is -0.389. The van der Waals surface area contributed by atoms with E-state index in [1.54, 1.807) is 44.4 Å². The van der Waals surface area contributed by atoms with E-state index in [9.17, 15) is 9.59 Å². The van der Waals surface area contributed by atoms with Crippen LogP contribution in [0.3, 0.4) is 0 Å². The second kappa shape index (κ2) is 8.76. The van der Waals surface area contributed by atoms with Gasteiger partial charge in [-0.3, -0.25) is 14.2 Å². The van der Waals surface area contributed by atoms with Crippen molar-refractivity contribution in [3.05, 3.63) is 70.5 Å². The molecule has 0 saturated heterocycles. The zero-order chi connectivity index (χ0) is 22.7. The minimum Gasteiger partial charge on any atom is -0.496 e. The number of aryl methyl sites for hydroxylation is 1. The van der Waals surface area contributed by atoms with E-state index in [-0.39, 0.29) is 18.0 Å². The number of benzene rings is 1. The molecule has 11 nitrogen and oxygen atoms in total. The van der Waals surface area contributed by atoms with Crippen molar-refractivity contribution >= 4 is 5.91 Å². The highest BCUT2D eigenvalue weighted by atomic mass is 16.5. The summed E-state index contributed by atoms with van der Waals surface area (Å²) in [5, 5.41) is 6.65. The van der Waals surface area contributed by atoms with Gasteiger partial charge in [-0.15, -0.1) is 0 Å². The summed E-state index contributed by atoms with van der Waals surface area (Å²) < 4.78 is 11.7. The summed E-state index contributed by atoms with van der Waals surface area (Å²) >= 11 is 0. The quantitative estimate of drug-likeness (QED) is 0.480. The molecule has 0 saturated carbocycles. The summed E-state index contributed by atoms with van der Waals surface area (Å²) in [6.07, 6.45) is 2.94. The van der Waals surface area contributed by atoms with Gasteiger partial charge in [-0.05, 0) is 24.3 Å². The first kappa shape index (κ1) is 20.8. The Kier molecular flexibility index (Phi) is 5.71. The van der Waals surface area contributed by atoms with Crippen LogP contribution in [-0.4, -0.2) is 42.7 Å². The van der Waals surface area contributed by atoms with Crippen LogP contribution in [0.5, 0.6) is 5.75 Å².